The molecule has 0 aromatic heterocycles. The van der Waals surface area contributed by atoms with Gasteiger partial charge in [-0.1, -0.05) is 17.7 Å². The summed E-state index contributed by atoms with van der Waals surface area (Å²) in [5, 5.41) is 0.663. The van der Waals surface area contributed by atoms with Gasteiger partial charge in [-0.15, -0.1) is 0 Å². The molecule has 0 saturated carbocycles. The van der Waals surface area contributed by atoms with Gasteiger partial charge < -0.3 is 9.64 Å². The minimum atomic E-state index is -0.594. The molecule has 0 spiro atoms. The highest BCUT2D eigenvalue weighted by atomic mass is 35.5. The number of fused-ring (bicyclic) bond motifs is 3. The van der Waals surface area contributed by atoms with Crippen molar-refractivity contribution in [1.29, 1.82) is 0 Å². The molecule has 1 fully saturated rings. The maximum atomic E-state index is 13.3. The van der Waals surface area contributed by atoms with E-state index < -0.39 is 12.2 Å². The van der Waals surface area contributed by atoms with E-state index in [4.69, 9.17) is 21.3 Å². The molecule has 0 radical (unpaired) electrons. The molecule has 1 aromatic rings. The number of hydrogen-bond acceptors (Lipinski definition) is 6. The molecule has 1 aromatic carbocycles. The van der Waals surface area contributed by atoms with Gasteiger partial charge in [0.15, 0.2) is 12.2 Å². The van der Waals surface area contributed by atoms with E-state index in [2.05, 4.69) is 0 Å². The second-order valence-corrected chi connectivity index (χ2v) is 7.83. The molecule has 3 heterocycles. The summed E-state index contributed by atoms with van der Waals surface area (Å²) in [5.74, 6) is 0.382. The van der Waals surface area contributed by atoms with Crippen molar-refractivity contribution in [2.45, 2.75) is 33.0 Å². The van der Waals surface area contributed by atoms with Crippen LogP contribution in [0.25, 0.3) is 0 Å². The smallest absolute Gasteiger partial charge is 0.328 e. The number of likely N-dealkylation sites (N-methyl/N-ethyl adjacent to an activating group) is 1. The molecule has 3 amide bonds. The summed E-state index contributed by atoms with van der Waals surface area (Å²) in [6.07, 6.45) is -0.575. The van der Waals surface area contributed by atoms with Gasteiger partial charge in [-0.05, 0) is 38.5 Å². The van der Waals surface area contributed by atoms with Crippen LogP contribution in [0.2, 0.25) is 5.02 Å². The Balaban J connectivity index is 1.77. The quantitative estimate of drug-likeness (QED) is 0.753. The fourth-order valence-corrected chi connectivity index (χ4v) is 4.30. The second-order valence-electron chi connectivity index (χ2n) is 7.42. The predicted molar refractivity (Wildman–Crippen MR) is 111 cm³/mol. The summed E-state index contributed by atoms with van der Waals surface area (Å²) in [7, 11) is 3.23. The number of methoxy groups -OCH3 is 1. The Hall–Kier alpha value is -2.58. The van der Waals surface area contributed by atoms with Crippen molar-refractivity contribution < 1.29 is 14.3 Å². The first kappa shape index (κ1) is 19.7. The van der Waals surface area contributed by atoms with Crippen LogP contribution in [-0.2, 0) is 9.53 Å². The summed E-state index contributed by atoms with van der Waals surface area (Å²) in [6, 6.07) is 4.77. The molecule has 29 heavy (non-hydrogen) atoms. The lowest BCUT2D eigenvalue weighted by atomic mass is 10.1. The normalized spacial score (nSPS) is 23.9. The molecule has 0 aliphatic carbocycles. The Kier molecular flexibility index (Phi) is 4.78. The number of aliphatic imine (C=N–C) groups is 1. The largest absolute Gasteiger partial charge is 0.383 e. The van der Waals surface area contributed by atoms with Crippen LogP contribution in [0.3, 0.4) is 0 Å². The molecule has 4 rings (SSSR count). The highest BCUT2D eigenvalue weighted by Gasteiger charge is 2.55. The minimum Gasteiger partial charge on any atom is -0.383 e. The van der Waals surface area contributed by atoms with E-state index >= 15 is 0 Å². The third-order valence-electron chi connectivity index (χ3n) is 5.89. The fourth-order valence-electron chi connectivity index (χ4n) is 4.13. The number of anilines is 1. The maximum Gasteiger partial charge on any atom is 0.328 e. The first-order chi connectivity index (χ1) is 13.8. The van der Waals surface area contributed by atoms with Gasteiger partial charge in [0, 0.05) is 30.6 Å². The summed E-state index contributed by atoms with van der Waals surface area (Å²) in [6.45, 7) is 6.42. The van der Waals surface area contributed by atoms with Crippen LogP contribution in [0.4, 0.5) is 10.5 Å². The fraction of sp³-hybridized carbons (Fsp3) is 0.450. The summed E-state index contributed by atoms with van der Waals surface area (Å²) in [4.78, 5) is 37.6. The number of rotatable bonds is 4. The topological polar surface area (TPSA) is 68.7 Å². The Morgan fingerprint density at radius 2 is 1.90 bits per heavy atom. The lowest BCUT2D eigenvalue weighted by molar-refractivity contribution is -0.137. The van der Waals surface area contributed by atoms with E-state index in [1.165, 1.54) is 9.80 Å². The van der Waals surface area contributed by atoms with Crippen LogP contribution >= 0.6 is 11.6 Å². The number of carbonyl (C=O) groups is 2. The van der Waals surface area contributed by atoms with Crippen molar-refractivity contribution in [3.8, 4) is 0 Å². The number of nitrogens with zero attached hydrogens (tertiary/aromatic N) is 5. The lowest BCUT2D eigenvalue weighted by Crippen LogP contribution is -2.65. The van der Waals surface area contributed by atoms with Crippen LogP contribution in [0.1, 0.15) is 19.4 Å². The van der Waals surface area contributed by atoms with Gasteiger partial charge in [-0.25, -0.2) is 9.79 Å². The number of allylic oxidation sites excluding steroid dienone is 2. The van der Waals surface area contributed by atoms with Gasteiger partial charge in [0.1, 0.15) is 0 Å². The minimum absolute atomic E-state index is 0.212. The van der Waals surface area contributed by atoms with Crippen LogP contribution in [0.15, 0.2) is 34.6 Å². The number of amides is 3. The number of halogens is 1. The maximum absolute atomic E-state index is 13.3. The van der Waals surface area contributed by atoms with E-state index in [0.29, 0.717) is 11.0 Å². The first-order valence-corrected chi connectivity index (χ1v) is 9.84. The average Bonchev–Trinajstić information content (AvgIpc) is 3.19. The Bertz CT molecular complexity index is 959. The van der Waals surface area contributed by atoms with Gasteiger partial charge in [-0.3, -0.25) is 19.5 Å². The van der Waals surface area contributed by atoms with Gasteiger partial charge >= 0.3 is 6.03 Å². The van der Waals surface area contributed by atoms with Crippen molar-refractivity contribution in [1.82, 2.24) is 14.7 Å². The zero-order valence-electron chi connectivity index (χ0n) is 17.1. The van der Waals surface area contributed by atoms with E-state index in [0.717, 1.165) is 22.6 Å². The number of benzene rings is 1. The highest BCUT2D eigenvalue weighted by Crippen LogP contribution is 2.41. The summed E-state index contributed by atoms with van der Waals surface area (Å²) in [5.41, 5.74) is 3.74. The van der Waals surface area contributed by atoms with Gasteiger partial charge in [0.25, 0.3) is 5.91 Å². The van der Waals surface area contributed by atoms with Gasteiger partial charge in [0.2, 0.25) is 5.96 Å². The summed E-state index contributed by atoms with van der Waals surface area (Å²) < 4.78 is 5.07. The third-order valence-corrected chi connectivity index (χ3v) is 6.30. The molecule has 8 nitrogen and oxygen atoms in total. The molecule has 154 valence electrons. The molecule has 2 unspecified atom stereocenters. The van der Waals surface area contributed by atoms with Crippen molar-refractivity contribution in [2.75, 3.05) is 32.2 Å². The molecular weight excluding hydrogens is 394 g/mol. The first-order valence-electron chi connectivity index (χ1n) is 9.46. The van der Waals surface area contributed by atoms with Crippen molar-refractivity contribution >= 4 is 35.2 Å². The number of ether oxygens (including phenoxy) is 1. The molecule has 0 bridgehead atoms. The third kappa shape index (κ3) is 2.73. The predicted octanol–water partition coefficient (Wildman–Crippen LogP) is 2.63. The Morgan fingerprint density at radius 3 is 2.59 bits per heavy atom. The van der Waals surface area contributed by atoms with E-state index in [9.17, 15) is 9.59 Å². The average molecular weight is 418 g/mol. The van der Waals surface area contributed by atoms with Crippen LogP contribution in [0, 0.1) is 6.92 Å². The van der Waals surface area contributed by atoms with Crippen LogP contribution in [-0.4, -0.2) is 72.1 Å². The number of carbonyl (C=O) groups excluding carboxylic acids is 2. The van der Waals surface area contributed by atoms with Crippen LogP contribution < -0.4 is 4.90 Å². The van der Waals surface area contributed by atoms with E-state index in [1.807, 2.05) is 48.8 Å². The van der Waals surface area contributed by atoms with Gasteiger partial charge in [0.05, 0.1) is 18.8 Å². The molecule has 0 N–H and O–H groups in total. The Morgan fingerprint density at radius 1 is 1.17 bits per heavy atom. The van der Waals surface area contributed by atoms with Crippen molar-refractivity contribution in [3.05, 3.63) is 40.2 Å². The van der Waals surface area contributed by atoms with Crippen molar-refractivity contribution in [3.63, 3.8) is 0 Å². The molecule has 3 aliphatic rings. The zero-order valence-corrected chi connectivity index (χ0v) is 17.9. The Labute approximate surface area is 175 Å². The molecule has 9 heteroatoms. The number of hydrogen-bond donors (Lipinski definition) is 0. The van der Waals surface area contributed by atoms with Gasteiger partial charge in [-0.2, -0.15) is 0 Å². The molecule has 2 atom stereocenters. The lowest BCUT2D eigenvalue weighted by Gasteiger charge is -2.40. The van der Waals surface area contributed by atoms with Crippen LogP contribution in [0.5, 0.6) is 0 Å². The molecule has 3 aliphatic heterocycles. The second kappa shape index (κ2) is 7.03. The van der Waals surface area contributed by atoms with E-state index in [-0.39, 0.29) is 25.1 Å². The number of urea groups is 1. The number of imide groups is 1. The molecule has 1 saturated heterocycles. The van der Waals surface area contributed by atoms with E-state index in [1.54, 1.807) is 14.2 Å². The number of guanidine groups is 1. The molecular formula is C20H24ClN5O3. The summed E-state index contributed by atoms with van der Waals surface area (Å²) >= 11 is 6.35. The standard InChI is InChI=1S/C20H24ClN5O3/c1-11-14(21)7-6-8-15(11)25-12(2)13(3)26-16-17(22-19(25)26)23(4)20(28)24(18(16)27)9-10-29-5/h6-8,16-17H,9-10H2,1-5H3. The zero-order chi connectivity index (χ0) is 21.0. The van der Waals surface area contributed by atoms with Crippen molar-refractivity contribution in [2.24, 2.45) is 4.99 Å². The SMILES string of the molecule is COCCN1C(=O)C2C(N=C3N(c4cccc(Cl)c4C)C(C)=C(C)N32)N(C)C1=O. The monoisotopic (exact) mass is 417 g/mol. The highest BCUT2D eigenvalue weighted by molar-refractivity contribution is 6.32.